The summed E-state index contributed by atoms with van der Waals surface area (Å²) in [5.41, 5.74) is 3.25. The van der Waals surface area contributed by atoms with Gasteiger partial charge in [-0.1, -0.05) is 11.6 Å². The molecule has 2 rings (SSSR count). The van der Waals surface area contributed by atoms with E-state index in [9.17, 15) is 4.79 Å². The summed E-state index contributed by atoms with van der Waals surface area (Å²) in [7, 11) is 0. The van der Waals surface area contributed by atoms with Crippen molar-refractivity contribution in [2.75, 3.05) is 18.0 Å². The minimum atomic E-state index is -0.946. The summed E-state index contributed by atoms with van der Waals surface area (Å²) in [6.07, 6.45) is 7.72. The monoisotopic (exact) mass is 258 g/mol. The molecule has 4 heteroatoms. The molecule has 0 aliphatic carbocycles. The molecule has 2 heterocycles. The van der Waals surface area contributed by atoms with Gasteiger partial charge in [-0.3, -0.25) is 0 Å². The largest absolute Gasteiger partial charge is 0.478 e. The minimum Gasteiger partial charge on any atom is -0.478 e. The number of rotatable bonds is 3. The molecule has 0 bridgehead atoms. The Kier molecular flexibility index (Phi) is 4.00. The molecule has 100 valence electrons. The first kappa shape index (κ1) is 13.3. The van der Waals surface area contributed by atoms with Crippen LogP contribution in [0.25, 0.3) is 6.08 Å². The zero-order chi connectivity index (χ0) is 13.8. The summed E-state index contributed by atoms with van der Waals surface area (Å²) in [6, 6.07) is 1.97. The molecular weight excluding hydrogens is 240 g/mol. The Labute approximate surface area is 113 Å². The molecule has 0 saturated carbocycles. The van der Waals surface area contributed by atoms with Gasteiger partial charge in [0.2, 0.25) is 0 Å². The lowest BCUT2D eigenvalue weighted by Crippen LogP contribution is -2.30. The third kappa shape index (κ3) is 3.44. The van der Waals surface area contributed by atoms with Crippen molar-refractivity contribution >= 4 is 17.9 Å². The number of pyridine rings is 1. The second kappa shape index (κ2) is 5.69. The highest BCUT2D eigenvalue weighted by Gasteiger charge is 2.14. The normalized spacial score (nSPS) is 15.7. The van der Waals surface area contributed by atoms with Crippen molar-refractivity contribution in [2.24, 2.45) is 0 Å². The van der Waals surface area contributed by atoms with E-state index in [0.29, 0.717) is 0 Å². The predicted molar refractivity (Wildman–Crippen MR) is 76.2 cm³/mol. The molecule has 0 unspecified atom stereocenters. The van der Waals surface area contributed by atoms with E-state index >= 15 is 0 Å². The highest BCUT2D eigenvalue weighted by atomic mass is 16.4. The lowest BCUT2D eigenvalue weighted by atomic mass is 10.1. The maximum absolute atomic E-state index is 10.5. The number of carboxylic acids is 1. The van der Waals surface area contributed by atoms with Crippen molar-refractivity contribution in [3.63, 3.8) is 0 Å². The smallest absolute Gasteiger partial charge is 0.328 e. The molecule has 1 aromatic rings. The van der Waals surface area contributed by atoms with E-state index in [4.69, 9.17) is 5.11 Å². The first-order valence-corrected chi connectivity index (χ1v) is 6.34. The highest BCUT2D eigenvalue weighted by molar-refractivity contribution is 5.85. The minimum absolute atomic E-state index is 0.813. The number of hydrogen-bond acceptors (Lipinski definition) is 3. The molecule has 1 aromatic heterocycles. The molecular formula is C15H18N2O2. The molecule has 4 nitrogen and oxygen atoms in total. The fraction of sp³-hybridized carbons (Fsp3) is 0.333. The van der Waals surface area contributed by atoms with Gasteiger partial charge in [-0.15, -0.1) is 0 Å². The number of carboxylic acid groups (broad SMARTS) is 1. The average molecular weight is 258 g/mol. The lowest BCUT2D eigenvalue weighted by molar-refractivity contribution is -0.131. The van der Waals surface area contributed by atoms with E-state index in [-0.39, 0.29) is 0 Å². The van der Waals surface area contributed by atoms with Crippen LogP contribution in [0, 0.1) is 6.92 Å². The molecule has 1 N–H and O–H groups in total. The Morgan fingerprint density at radius 2 is 2.26 bits per heavy atom. The Morgan fingerprint density at radius 1 is 1.47 bits per heavy atom. The molecule has 0 aromatic carbocycles. The second-order valence-electron chi connectivity index (χ2n) is 4.84. The number of carbonyl (C=O) groups is 1. The van der Waals surface area contributed by atoms with Gasteiger partial charge in [0.25, 0.3) is 0 Å². The Morgan fingerprint density at radius 3 is 2.89 bits per heavy atom. The van der Waals surface area contributed by atoms with E-state index in [0.717, 1.165) is 42.5 Å². The van der Waals surface area contributed by atoms with Crippen molar-refractivity contribution in [1.82, 2.24) is 4.98 Å². The maximum atomic E-state index is 10.5. The predicted octanol–water partition coefficient (Wildman–Crippen LogP) is 2.64. The van der Waals surface area contributed by atoms with E-state index < -0.39 is 5.97 Å². The third-order valence-electron chi connectivity index (χ3n) is 3.12. The molecule has 0 amide bonds. The summed E-state index contributed by atoms with van der Waals surface area (Å²) in [4.78, 5) is 17.2. The molecule has 1 aliphatic heterocycles. The Bertz CT molecular complexity index is 547. The van der Waals surface area contributed by atoms with E-state index in [1.807, 2.05) is 13.0 Å². The van der Waals surface area contributed by atoms with Gasteiger partial charge in [0.05, 0.1) is 0 Å². The van der Waals surface area contributed by atoms with Gasteiger partial charge in [0.1, 0.15) is 5.82 Å². The zero-order valence-corrected chi connectivity index (χ0v) is 11.3. The number of nitrogens with zero attached hydrogens (tertiary/aromatic N) is 2. The van der Waals surface area contributed by atoms with Gasteiger partial charge in [-0.25, -0.2) is 9.78 Å². The summed E-state index contributed by atoms with van der Waals surface area (Å²) < 4.78 is 0. The lowest BCUT2D eigenvalue weighted by Gasteiger charge is -2.28. The molecule has 0 saturated heterocycles. The van der Waals surface area contributed by atoms with Gasteiger partial charge in [0.15, 0.2) is 0 Å². The Hall–Kier alpha value is -2.10. The topological polar surface area (TPSA) is 53.4 Å². The van der Waals surface area contributed by atoms with Crippen LogP contribution >= 0.6 is 0 Å². The molecule has 0 atom stereocenters. The zero-order valence-electron chi connectivity index (χ0n) is 11.3. The van der Waals surface area contributed by atoms with Crippen molar-refractivity contribution < 1.29 is 9.90 Å². The van der Waals surface area contributed by atoms with Crippen molar-refractivity contribution in [3.05, 3.63) is 41.1 Å². The first-order valence-electron chi connectivity index (χ1n) is 6.34. The van der Waals surface area contributed by atoms with Crippen LogP contribution in [-0.2, 0) is 4.79 Å². The fourth-order valence-corrected chi connectivity index (χ4v) is 2.27. The van der Waals surface area contributed by atoms with Crippen LogP contribution in [0.5, 0.6) is 0 Å². The number of anilines is 1. The van der Waals surface area contributed by atoms with Gasteiger partial charge in [0, 0.05) is 25.4 Å². The van der Waals surface area contributed by atoms with E-state index in [2.05, 4.69) is 22.9 Å². The number of aliphatic carboxylic acids is 1. The van der Waals surface area contributed by atoms with Gasteiger partial charge < -0.3 is 10.0 Å². The number of aryl methyl sites for hydroxylation is 1. The van der Waals surface area contributed by atoms with E-state index in [1.54, 1.807) is 12.3 Å². The molecule has 0 spiro atoms. The van der Waals surface area contributed by atoms with Gasteiger partial charge in [-0.05, 0) is 43.5 Å². The maximum Gasteiger partial charge on any atom is 0.328 e. The van der Waals surface area contributed by atoms with Crippen molar-refractivity contribution in [2.45, 2.75) is 20.3 Å². The summed E-state index contributed by atoms with van der Waals surface area (Å²) in [5.74, 6) is 0.0402. The van der Waals surface area contributed by atoms with Gasteiger partial charge >= 0.3 is 5.97 Å². The number of aromatic nitrogens is 1. The molecule has 0 radical (unpaired) electrons. The Balaban J connectivity index is 2.20. The average Bonchev–Trinajstić information content (AvgIpc) is 2.36. The van der Waals surface area contributed by atoms with E-state index in [1.165, 1.54) is 5.57 Å². The van der Waals surface area contributed by atoms with Crippen LogP contribution in [-0.4, -0.2) is 29.1 Å². The molecule has 1 aliphatic rings. The van der Waals surface area contributed by atoms with Crippen LogP contribution in [0.3, 0.4) is 0 Å². The second-order valence-corrected chi connectivity index (χ2v) is 4.84. The van der Waals surface area contributed by atoms with Crippen molar-refractivity contribution in [3.8, 4) is 0 Å². The standard InChI is InChI=1S/C15H18N2O2/c1-11-4-3-7-17(10-11)15-12(2)8-13(9-16-15)5-6-14(18)19/h4-6,8-9H,3,7,10H2,1-2H3,(H,18,19)/b6-5+. The SMILES string of the molecule is CC1=CCCN(c2ncc(/C=C/C(=O)O)cc2C)C1. The summed E-state index contributed by atoms with van der Waals surface area (Å²) >= 11 is 0. The molecule has 19 heavy (non-hydrogen) atoms. The quantitative estimate of drug-likeness (QED) is 0.669. The number of hydrogen-bond donors (Lipinski definition) is 1. The van der Waals surface area contributed by atoms with Crippen molar-refractivity contribution in [1.29, 1.82) is 0 Å². The van der Waals surface area contributed by atoms with Crippen LogP contribution in [0.2, 0.25) is 0 Å². The van der Waals surface area contributed by atoms with Crippen LogP contribution in [0.4, 0.5) is 5.82 Å². The highest BCUT2D eigenvalue weighted by Crippen LogP contribution is 2.22. The summed E-state index contributed by atoms with van der Waals surface area (Å²) in [6.45, 7) is 6.03. The van der Waals surface area contributed by atoms with Crippen LogP contribution in [0.1, 0.15) is 24.5 Å². The summed E-state index contributed by atoms with van der Waals surface area (Å²) in [5, 5.41) is 8.61. The van der Waals surface area contributed by atoms with Crippen LogP contribution in [0.15, 0.2) is 30.0 Å². The van der Waals surface area contributed by atoms with Gasteiger partial charge in [-0.2, -0.15) is 0 Å². The third-order valence-corrected chi connectivity index (χ3v) is 3.12. The van der Waals surface area contributed by atoms with Crippen LogP contribution < -0.4 is 4.90 Å². The fourth-order valence-electron chi connectivity index (χ4n) is 2.27. The first-order chi connectivity index (χ1) is 9.06. The molecule has 0 fully saturated rings.